The summed E-state index contributed by atoms with van der Waals surface area (Å²) in [6, 6.07) is 27.1. The van der Waals surface area contributed by atoms with E-state index in [1.54, 1.807) is 4.31 Å². The van der Waals surface area contributed by atoms with Crippen LogP contribution in [0.3, 0.4) is 0 Å². The van der Waals surface area contributed by atoms with Crippen LogP contribution in [0.25, 0.3) is 0 Å². The van der Waals surface area contributed by atoms with E-state index in [1.165, 1.54) is 22.3 Å². The molecule has 2 aliphatic rings. The smallest absolute Gasteiger partial charge is 0.218 e. The summed E-state index contributed by atoms with van der Waals surface area (Å²) in [7, 11) is -3.31. The third-order valence-corrected chi connectivity index (χ3v) is 8.44. The Balaban J connectivity index is 1.38. The average Bonchev–Trinajstić information content (AvgIpc) is 2.96. The normalized spacial score (nSPS) is 18.2. The lowest BCUT2D eigenvalue weighted by Gasteiger charge is -2.39. The summed E-state index contributed by atoms with van der Waals surface area (Å²) in [5.41, 5.74) is 6.39. The van der Waals surface area contributed by atoms with E-state index in [4.69, 9.17) is 0 Å². The van der Waals surface area contributed by atoms with Crippen LogP contribution in [0.15, 0.2) is 78.9 Å². The van der Waals surface area contributed by atoms with Crippen molar-refractivity contribution in [1.29, 1.82) is 0 Å². The standard InChI is InChI=1S/C26H28N2O2S/c29-31(30,20-21-8-2-1-3-9-21)28-18-16-27(17-19-28)26-24-12-6-4-10-22(24)14-15-23-11-5-7-13-25(23)26/h1-13,26H,14-20H2. The van der Waals surface area contributed by atoms with Crippen molar-refractivity contribution in [3.8, 4) is 0 Å². The fourth-order valence-corrected chi connectivity index (χ4v) is 6.52. The summed E-state index contributed by atoms with van der Waals surface area (Å²) >= 11 is 0. The first-order chi connectivity index (χ1) is 15.1. The van der Waals surface area contributed by atoms with Gasteiger partial charge in [0.25, 0.3) is 0 Å². The van der Waals surface area contributed by atoms with Gasteiger partial charge in [-0.1, -0.05) is 78.9 Å². The van der Waals surface area contributed by atoms with Crippen LogP contribution in [0.4, 0.5) is 0 Å². The van der Waals surface area contributed by atoms with E-state index in [0.717, 1.165) is 31.5 Å². The minimum Gasteiger partial charge on any atom is -0.290 e. The first-order valence-electron chi connectivity index (χ1n) is 11.0. The number of rotatable bonds is 4. The Bertz CT molecular complexity index is 1110. The minimum absolute atomic E-state index is 0.0724. The molecule has 0 aromatic heterocycles. The molecule has 0 spiro atoms. The van der Waals surface area contributed by atoms with Gasteiger partial charge in [-0.2, -0.15) is 4.31 Å². The first kappa shape index (κ1) is 20.4. The second-order valence-corrected chi connectivity index (χ2v) is 10.4. The fraction of sp³-hybridized carbons (Fsp3) is 0.308. The quantitative estimate of drug-likeness (QED) is 0.625. The van der Waals surface area contributed by atoms with Crippen molar-refractivity contribution in [2.45, 2.75) is 24.6 Å². The second-order valence-electron chi connectivity index (χ2n) is 8.48. The van der Waals surface area contributed by atoms with Crippen molar-refractivity contribution in [3.05, 3.63) is 107 Å². The van der Waals surface area contributed by atoms with Gasteiger partial charge in [0, 0.05) is 26.2 Å². The van der Waals surface area contributed by atoms with Gasteiger partial charge in [-0.25, -0.2) is 8.42 Å². The van der Waals surface area contributed by atoms with E-state index >= 15 is 0 Å². The molecule has 31 heavy (non-hydrogen) atoms. The van der Waals surface area contributed by atoms with Crippen molar-refractivity contribution in [1.82, 2.24) is 9.21 Å². The second kappa shape index (κ2) is 8.58. The molecule has 1 heterocycles. The monoisotopic (exact) mass is 432 g/mol. The Morgan fingerprint density at radius 1 is 0.677 bits per heavy atom. The minimum atomic E-state index is -3.31. The van der Waals surface area contributed by atoms with Gasteiger partial charge >= 0.3 is 0 Å². The number of aryl methyl sites for hydroxylation is 2. The highest BCUT2D eigenvalue weighted by Gasteiger charge is 2.33. The van der Waals surface area contributed by atoms with E-state index in [-0.39, 0.29) is 11.8 Å². The number of nitrogens with zero attached hydrogens (tertiary/aromatic N) is 2. The predicted octanol–water partition coefficient (Wildman–Crippen LogP) is 4.02. The van der Waals surface area contributed by atoms with Gasteiger partial charge in [0.1, 0.15) is 0 Å². The van der Waals surface area contributed by atoms with Crippen molar-refractivity contribution in [2.75, 3.05) is 26.2 Å². The summed E-state index contributed by atoms with van der Waals surface area (Å²) in [5.74, 6) is 0.0724. The van der Waals surface area contributed by atoms with Gasteiger partial charge in [-0.3, -0.25) is 4.90 Å². The van der Waals surface area contributed by atoms with Gasteiger partial charge in [0.05, 0.1) is 11.8 Å². The molecule has 0 unspecified atom stereocenters. The van der Waals surface area contributed by atoms with E-state index < -0.39 is 10.0 Å². The maximum atomic E-state index is 13.0. The third-order valence-electron chi connectivity index (χ3n) is 6.59. The Morgan fingerprint density at radius 3 is 1.77 bits per heavy atom. The maximum absolute atomic E-state index is 13.0. The molecule has 0 saturated carbocycles. The van der Waals surface area contributed by atoms with Crippen LogP contribution in [0.1, 0.15) is 33.9 Å². The Labute approximate surface area is 185 Å². The zero-order valence-corrected chi connectivity index (χ0v) is 18.5. The molecule has 3 aromatic rings. The van der Waals surface area contributed by atoms with Crippen molar-refractivity contribution in [3.63, 3.8) is 0 Å². The average molecular weight is 433 g/mol. The Morgan fingerprint density at radius 2 is 1.19 bits per heavy atom. The van der Waals surface area contributed by atoms with Crippen molar-refractivity contribution >= 4 is 10.0 Å². The first-order valence-corrected chi connectivity index (χ1v) is 12.6. The number of sulfonamides is 1. The molecule has 3 aromatic carbocycles. The Kier molecular flexibility index (Phi) is 5.65. The molecule has 0 N–H and O–H groups in total. The van der Waals surface area contributed by atoms with Crippen LogP contribution >= 0.6 is 0 Å². The predicted molar refractivity (Wildman–Crippen MR) is 124 cm³/mol. The number of hydrogen-bond donors (Lipinski definition) is 0. The lowest BCUT2D eigenvalue weighted by Crippen LogP contribution is -2.50. The van der Waals surface area contributed by atoms with Gasteiger partial charge in [-0.05, 0) is 40.7 Å². The van der Waals surface area contributed by atoms with Crippen LogP contribution < -0.4 is 0 Å². The number of fused-ring (bicyclic) bond motifs is 2. The van der Waals surface area contributed by atoms with E-state index in [9.17, 15) is 8.42 Å². The zero-order chi connectivity index (χ0) is 21.3. The van der Waals surface area contributed by atoms with Gasteiger partial charge in [0.15, 0.2) is 0 Å². The van der Waals surface area contributed by atoms with Gasteiger partial charge < -0.3 is 0 Å². The highest BCUT2D eigenvalue weighted by molar-refractivity contribution is 7.88. The molecule has 1 aliphatic carbocycles. The molecule has 5 rings (SSSR count). The van der Waals surface area contributed by atoms with Gasteiger partial charge in [-0.15, -0.1) is 0 Å². The van der Waals surface area contributed by atoms with E-state index in [1.807, 2.05) is 30.3 Å². The molecule has 160 valence electrons. The molecule has 1 aliphatic heterocycles. The molecule has 4 nitrogen and oxygen atoms in total. The maximum Gasteiger partial charge on any atom is 0.218 e. The van der Waals surface area contributed by atoms with Crippen LogP contribution in [0.5, 0.6) is 0 Å². The lowest BCUT2D eigenvalue weighted by atomic mass is 9.93. The fourth-order valence-electron chi connectivity index (χ4n) is 5.00. The molecule has 1 fully saturated rings. The number of hydrogen-bond acceptors (Lipinski definition) is 3. The SMILES string of the molecule is O=S(=O)(Cc1ccccc1)N1CCN(C2c3ccccc3CCc3ccccc32)CC1. The van der Waals surface area contributed by atoms with Crippen LogP contribution in [0.2, 0.25) is 0 Å². The molecule has 5 heteroatoms. The summed E-state index contributed by atoms with van der Waals surface area (Å²) in [6.07, 6.45) is 2.10. The summed E-state index contributed by atoms with van der Waals surface area (Å²) in [5, 5.41) is 0. The Hall–Kier alpha value is -2.47. The summed E-state index contributed by atoms with van der Waals surface area (Å²) in [6.45, 7) is 2.55. The van der Waals surface area contributed by atoms with E-state index in [0.29, 0.717) is 13.1 Å². The highest BCUT2D eigenvalue weighted by atomic mass is 32.2. The van der Waals surface area contributed by atoms with Crippen LogP contribution in [-0.4, -0.2) is 43.8 Å². The third kappa shape index (κ3) is 4.18. The molecule has 0 radical (unpaired) electrons. The molecular weight excluding hydrogens is 404 g/mol. The van der Waals surface area contributed by atoms with E-state index in [2.05, 4.69) is 53.4 Å². The topological polar surface area (TPSA) is 40.6 Å². The summed E-state index contributed by atoms with van der Waals surface area (Å²) in [4.78, 5) is 2.47. The largest absolute Gasteiger partial charge is 0.290 e. The molecule has 1 saturated heterocycles. The van der Waals surface area contributed by atoms with Crippen LogP contribution in [-0.2, 0) is 28.6 Å². The molecule has 0 bridgehead atoms. The summed E-state index contributed by atoms with van der Waals surface area (Å²) < 4.78 is 27.7. The van der Waals surface area contributed by atoms with Crippen LogP contribution in [0, 0.1) is 0 Å². The molecule has 0 amide bonds. The van der Waals surface area contributed by atoms with Gasteiger partial charge in [0.2, 0.25) is 10.0 Å². The lowest BCUT2D eigenvalue weighted by molar-refractivity contribution is 0.155. The number of piperazine rings is 1. The number of benzene rings is 3. The molecule has 0 atom stereocenters. The zero-order valence-electron chi connectivity index (χ0n) is 17.7. The highest BCUT2D eigenvalue weighted by Crippen LogP contribution is 2.37. The molecular formula is C26H28N2O2S. The van der Waals surface area contributed by atoms with Crippen molar-refractivity contribution in [2.24, 2.45) is 0 Å². The van der Waals surface area contributed by atoms with Crippen molar-refractivity contribution < 1.29 is 8.42 Å².